The number of carbonyl (C=O) groups is 1. The Morgan fingerprint density at radius 1 is 1.15 bits per heavy atom. The average Bonchev–Trinajstić information content (AvgIpc) is 3.36. The van der Waals surface area contributed by atoms with Crippen LogP contribution in [0.15, 0.2) is 47.3 Å². The normalized spacial score (nSPS) is 17.4. The number of benzene rings is 2. The van der Waals surface area contributed by atoms with E-state index in [9.17, 15) is 9.59 Å². The van der Waals surface area contributed by atoms with Gasteiger partial charge in [-0.1, -0.05) is 12.1 Å². The van der Waals surface area contributed by atoms with Crippen LogP contribution in [0.4, 0.5) is 0 Å². The van der Waals surface area contributed by atoms with Crippen LogP contribution in [0.25, 0.3) is 21.3 Å². The predicted octanol–water partition coefficient (Wildman–Crippen LogP) is 3.44. The molecule has 0 radical (unpaired) electrons. The second-order valence-corrected chi connectivity index (χ2v) is 7.58. The molecule has 3 heterocycles. The highest BCUT2D eigenvalue weighted by Crippen LogP contribution is 2.37. The molecule has 0 bridgehead atoms. The Labute approximate surface area is 152 Å². The van der Waals surface area contributed by atoms with Gasteiger partial charge in [0.05, 0.1) is 27.3 Å². The van der Waals surface area contributed by atoms with Crippen molar-refractivity contribution < 1.29 is 4.79 Å². The van der Waals surface area contributed by atoms with Gasteiger partial charge in [0.2, 0.25) is 0 Å². The molecular weight excluding hydrogens is 348 g/mol. The quantitative estimate of drug-likeness (QED) is 0.572. The zero-order valence-corrected chi connectivity index (χ0v) is 14.7. The molecule has 0 aliphatic carbocycles. The number of likely N-dealkylation sites (tertiary alicyclic amines) is 1. The van der Waals surface area contributed by atoms with E-state index in [1.165, 1.54) is 0 Å². The smallest absolute Gasteiger partial charge is 0.323 e. The summed E-state index contributed by atoms with van der Waals surface area (Å²) in [5.41, 5.74) is 2.66. The maximum atomic E-state index is 13.1. The van der Waals surface area contributed by atoms with E-state index in [1.807, 2.05) is 23.1 Å². The molecule has 1 unspecified atom stereocenters. The lowest BCUT2D eigenvalue weighted by Gasteiger charge is -2.23. The first kappa shape index (κ1) is 15.3. The summed E-state index contributed by atoms with van der Waals surface area (Å²) in [7, 11) is 0. The Hall–Kier alpha value is -2.93. The van der Waals surface area contributed by atoms with Gasteiger partial charge in [0.25, 0.3) is 5.91 Å². The first-order valence-corrected chi connectivity index (χ1v) is 9.39. The number of para-hydroxylation sites is 1. The van der Waals surface area contributed by atoms with E-state index in [0.29, 0.717) is 16.6 Å². The van der Waals surface area contributed by atoms with Crippen molar-refractivity contribution in [1.82, 2.24) is 19.9 Å². The van der Waals surface area contributed by atoms with Crippen LogP contribution in [0.3, 0.4) is 0 Å². The van der Waals surface area contributed by atoms with Gasteiger partial charge in [-0.05, 0) is 43.2 Å². The minimum atomic E-state index is -0.266. The third kappa shape index (κ3) is 2.43. The number of nitrogens with one attached hydrogen (secondary N) is 2. The molecule has 2 aromatic heterocycles. The van der Waals surface area contributed by atoms with Crippen LogP contribution < -0.4 is 5.69 Å². The number of aromatic amines is 2. The first-order valence-electron chi connectivity index (χ1n) is 8.57. The van der Waals surface area contributed by atoms with Crippen molar-refractivity contribution in [3.8, 4) is 0 Å². The molecule has 0 saturated carbocycles. The van der Waals surface area contributed by atoms with E-state index in [-0.39, 0.29) is 17.6 Å². The SMILES string of the molecule is O=C(c1ccc2[nH]c(=O)[nH]c2c1)N1CCCC1c1nc2ccccc2s1. The summed E-state index contributed by atoms with van der Waals surface area (Å²) in [6, 6.07) is 13.3. The molecule has 1 atom stereocenters. The van der Waals surface area contributed by atoms with Crippen LogP contribution in [0.2, 0.25) is 0 Å². The van der Waals surface area contributed by atoms with Crippen LogP contribution in [0.1, 0.15) is 34.2 Å². The van der Waals surface area contributed by atoms with Crippen molar-refractivity contribution in [3.05, 3.63) is 63.5 Å². The Morgan fingerprint density at radius 3 is 2.88 bits per heavy atom. The van der Waals surface area contributed by atoms with Gasteiger partial charge in [-0.25, -0.2) is 9.78 Å². The van der Waals surface area contributed by atoms with Crippen LogP contribution in [0, 0.1) is 0 Å². The molecular formula is C19H16N4O2S. The highest BCUT2D eigenvalue weighted by Gasteiger charge is 2.32. The topological polar surface area (TPSA) is 81.8 Å². The summed E-state index contributed by atoms with van der Waals surface area (Å²) < 4.78 is 1.15. The number of aromatic nitrogens is 3. The highest BCUT2D eigenvalue weighted by atomic mass is 32.1. The van der Waals surface area contributed by atoms with Crippen molar-refractivity contribution in [2.75, 3.05) is 6.54 Å². The van der Waals surface area contributed by atoms with E-state index in [1.54, 1.807) is 29.5 Å². The summed E-state index contributed by atoms with van der Waals surface area (Å²) >= 11 is 1.66. The van der Waals surface area contributed by atoms with Crippen LogP contribution >= 0.6 is 11.3 Å². The number of rotatable bonds is 2. The lowest BCUT2D eigenvalue weighted by molar-refractivity contribution is 0.0735. The summed E-state index contributed by atoms with van der Waals surface area (Å²) in [6.45, 7) is 0.723. The average molecular weight is 364 g/mol. The molecule has 1 aliphatic heterocycles. The van der Waals surface area contributed by atoms with E-state index in [4.69, 9.17) is 4.98 Å². The fourth-order valence-electron chi connectivity index (χ4n) is 3.63. The number of H-pyrrole nitrogens is 2. The second kappa shape index (κ2) is 5.81. The molecule has 4 aromatic rings. The van der Waals surface area contributed by atoms with Crippen LogP contribution in [-0.4, -0.2) is 32.3 Å². The number of hydrogen-bond donors (Lipinski definition) is 2. The molecule has 0 spiro atoms. The van der Waals surface area contributed by atoms with E-state index < -0.39 is 0 Å². The maximum Gasteiger partial charge on any atom is 0.323 e. The maximum absolute atomic E-state index is 13.1. The van der Waals surface area contributed by atoms with Gasteiger partial charge in [0.15, 0.2) is 0 Å². The largest absolute Gasteiger partial charge is 0.329 e. The van der Waals surface area contributed by atoms with Crippen molar-refractivity contribution in [2.45, 2.75) is 18.9 Å². The molecule has 6 nitrogen and oxygen atoms in total. The Kier molecular flexibility index (Phi) is 3.43. The van der Waals surface area contributed by atoms with Crippen molar-refractivity contribution in [1.29, 1.82) is 0 Å². The third-order valence-electron chi connectivity index (χ3n) is 4.87. The molecule has 2 aromatic carbocycles. The number of thiazole rings is 1. The lowest BCUT2D eigenvalue weighted by Crippen LogP contribution is -2.30. The Bertz CT molecular complexity index is 1160. The van der Waals surface area contributed by atoms with Gasteiger partial charge in [-0.15, -0.1) is 11.3 Å². The molecule has 130 valence electrons. The summed E-state index contributed by atoms with van der Waals surface area (Å²) in [4.78, 5) is 36.6. The molecule has 1 aliphatic rings. The third-order valence-corrected chi connectivity index (χ3v) is 6.01. The van der Waals surface area contributed by atoms with Crippen LogP contribution in [0.5, 0.6) is 0 Å². The number of amides is 1. The number of carbonyl (C=O) groups excluding carboxylic acids is 1. The lowest BCUT2D eigenvalue weighted by atomic mass is 10.1. The number of fused-ring (bicyclic) bond motifs is 2. The fraction of sp³-hybridized carbons (Fsp3) is 0.211. The highest BCUT2D eigenvalue weighted by molar-refractivity contribution is 7.18. The molecule has 5 rings (SSSR count). The predicted molar refractivity (Wildman–Crippen MR) is 102 cm³/mol. The van der Waals surface area contributed by atoms with Crippen LogP contribution in [-0.2, 0) is 0 Å². The van der Waals surface area contributed by atoms with E-state index >= 15 is 0 Å². The van der Waals surface area contributed by atoms with E-state index in [0.717, 1.165) is 34.6 Å². The van der Waals surface area contributed by atoms with Crippen molar-refractivity contribution in [3.63, 3.8) is 0 Å². The molecule has 2 N–H and O–H groups in total. The fourth-order valence-corrected chi connectivity index (χ4v) is 4.75. The number of nitrogens with zero attached hydrogens (tertiary/aromatic N) is 2. The Morgan fingerprint density at radius 2 is 2.00 bits per heavy atom. The van der Waals surface area contributed by atoms with E-state index in [2.05, 4.69) is 16.0 Å². The van der Waals surface area contributed by atoms with Crippen molar-refractivity contribution >= 4 is 38.5 Å². The summed E-state index contributed by atoms with van der Waals surface area (Å²) in [5.74, 6) is -0.0179. The first-order chi connectivity index (χ1) is 12.7. The minimum absolute atomic E-state index is 0.0147. The minimum Gasteiger partial charge on any atom is -0.329 e. The summed E-state index contributed by atoms with van der Waals surface area (Å²) in [5, 5.41) is 0.994. The second-order valence-electron chi connectivity index (χ2n) is 6.52. The van der Waals surface area contributed by atoms with Gasteiger partial charge < -0.3 is 14.9 Å². The molecule has 1 saturated heterocycles. The molecule has 26 heavy (non-hydrogen) atoms. The van der Waals surface area contributed by atoms with Gasteiger partial charge in [0.1, 0.15) is 5.01 Å². The molecule has 1 amide bonds. The van der Waals surface area contributed by atoms with Gasteiger partial charge >= 0.3 is 5.69 Å². The molecule has 1 fully saturated rings. The Balaban J connectivity index is 1.50. The van der Waals surface area contributed by atoms with Crippen molar-refractivity contribution in [2.24, 2.45) is 0 Å². The summed E-state index contributed by atoms with van der Waals surface area (Å²) in [6.07, 6.45) is 1.89. The zero-order valence-electron chi connectivity index (χ0n) is 13.9. The van der Waals surface area contributed by atoms with Gasteiger partial charge in [-0.3, -0.25) is 4.79 Å². The molecule has 7 heteroatoms. The number of imidazole rings is 1. The monoisotopic (exact) mass is 364 g/mol. The standard InChI is InChI=1S/C19H16N4O2S/c24-18(11-7-8-12-14(10-11)22-19(25)21-12)23-9-3-5-15(23)17-20-13-4-1-2-6-16(13)26-17/h1-2,4,6-8,10,15H,3,5,9H2,(H2,21,22,25). The zero-order chi connectivity index (χ0) is 17.7. The van der Waals surface area contributed by atoms with Gasteiger partial charge in [0, 0.05) is 12.1 Å². The number of hydrogen-bond acceptors (Lipinski definition) is 4. The van der Waals surface area contributed by atoms with Gasteiger partial charge in [-0.2, -0.15) is 0 Å².